The predicted molar refractivity (Wildman–Crippen MR) is 76.8 cm³/mol. The molecule has 1 unspecified atom stereocenters. The minimum Gasteiger partial charge on any atom is -0.462 e. The number of ether oxygens (including phenoxy) is 1. The summed E-state index contributed by atoms with van der Waals surface area (Å²) in [5.41, 5.74) is 5.61. The smallest absolute Gasteiger partial charge is 0.338 e. The molecule has 18 heavy (non-hydrogen) atoms. The lowest BCUT2D eigenvalue weighted by molar-refractivity contribution is -0.137. The maximum absolute atomic E-state index is 11.8. The molecular weight excluding hydrogens is 243 g/mol. The Morgan fingerprint density at radius 1 is 1.22 bits per heavy atom. The molecule has 1 aliphatic carbocycles. The van der Waals surface area contributed by atoms with E-state index in [4.69, 9.17) is 4.74 Å². The van der Waals surface area contributed by atoms with Crippen molar-refractivity contribution >= 4 is 13.9 Å². The van der Waals surface area contributed by atoms with E-state index in [1.165, 1.54) is 22.3 Å². The van der Waals surface area contributed by atoms with Gasteiger partial charge in [-0.15, -0.1) is 0 Å². The van der Waals surface area contributed by atoms with Crippen LogP contribution in [0.2, 0.25) is 0 Å². The maximum atomic E-state index is 11.8. The van der Waals surface area contributed by atoms with Gasteiger partial charge in [0, 0.05) is 5.16 Å². The average molecular weight is 264 g/mol. The van der Waals surface area contributed by atoms with Crippen LogP contribution in [0.1, 0.15) is 41.5 Å². The average Bonchev–Trinajstić information content (AvgIpc) is 3.12. The summed E-state index contributed by atoms with van der Waals surface area (Å²) in [7, 11) is -0.479. The molecule has 2 nitrogen and oxygen atoms in total. The van der Waals surface area contributed by atoms with Crippen LogP contribution in [0.4, 0.5) is 0 Å². The van der Waals surface area contributed by atoms with Gasteiger partial charge >= 0.3 is 5.97 Å². The van der Waals surface area contributed by atoms with E-state index in [2.05, 4.69) is 40.4 Å². The molecule has 0 aromatic carbocycles. The summed E-state index contributed by atoms with van der Waals surface area (Å²) >= 11 is 0. The van der Waals surface area contributed by atoms with Crippen molar-refractivity contribution in [3.8, 4) is 0 Å². The number of esters is 1. The van der Waals surface area contributed by atoms with Crippen LogP contribution >= 0.6 is 7.92 Å². The zero-order valence-corrected chi connectivity index (χ0v) is 12.9. The van der Waals surface area contributed by atoms with Crippen molar-refractivity contribution in [3.63, 3.8) is 0 Å². The van der Waals surface area contributed by atoms with Crippen molar-refractivity contribution in [2.75, 3.05) is 6.61 Å². The first kappa shape index (κ1) is 13.5. The summed E-state index contributed by atoms with van der Waals surface area (Å²) in [5, 5.41) is 0.960. The second-order valence-corrected chi connectivity index (χ2v) is 7.55. The highest BCUT2D eigenvalue weighted by atomic mass is 31.1. The second kappa shape index (κ2) is 4.35. The van der Waals surface area contributed by atoms with E-state index in [1.54, 1.807) is 0 Å². The van der Waals surface area contributed by atoms with Crippen LogP contribution in [0, 0.1) is 0 Å². The number of hydrogen-bond acceptors (Lipinski definition) is 2. The molecule has 0 N–H and O–H groups in total. The minimum atomic E-state index is -0.479. The number of carbonyl (C=O) groups is 1. The molecule has 2 aliphatic rings. The van der Waals surface area contributed by atoms with Gasteiger partial charge in [0.15, 0.2) is 0 Å². The lowest BCUT2D eigenvalue weighted by Crippen LogP contribution is -2.21. The van der Waals surface area contributed by atoms with E-state index in [1.807, 2.05) is 6.92 Å². The molecular formula is C15H21O2P. The second-order valence-electron chi connectivity index (χ2n) is 5.18. The highest BCUT2D eigenvalue weighted by Crippen LogP contribution is 2.75. The zero-order chi connectivity index (χ0) is 13.7. The third kappa shape index (κ3) is 1.70. The molecule has 0 aromatic heterocycles. The van der Waals surface area contributed by atoms with Crippen LogP contribution in [0.25, 0.3) is 0 Å². The molecule has 1 aliphatic heterocycles. The van der Waals surface area contributed by atoms with Gasteiger partial charge in [0.1, 0.15) is 0 Å². The number of hydrogen-bond donors (Lipinski definition) is 0. The van der Waals surface area contributed by atoms with Gasteiger partial charge in [-0.2, -0.15) is 0 Å². The van der Waals surface area contributed by atoms with Gasteiger partial charge in [0.05, 0.1) is 11.9 Å². The molecule has 0 saturated carbocycles. The zero-order valence-electron chi connectivity index (χ0n) is 12.0. The van der Waals surface area contributed by atoms with Crippen molar-refractivity contribution in [3.05, 3.63) is 33.4 Å². The van der Waals surface area contributed by atoms with E-state index in [0.29, 0.717) is 6.61 Å². The molecule has 0 fully saturated rings. The first-order chi connectivity index (χ1) is 8.35. The van der Waals surface area contributed by atoms with E-state index >= 15 is 0 Å². The first-order valence-corrected chi connectivity index (χ1v) is 7.81. The summed E-state index contributed by atoms with van der Waals surface area (Å²) in [6.07, 6.45) is 0. The van der Waals surface area contributed by atoms with Gasteiger partial charge in [0.2, 0.25) is 0 Å². The summed E-state index contributed by atoms with van der Waals surface area (Å²) in [6.45, 7) is 13.3. The lowest BCUT2D eigenvalue weighted by atomic mass is 9.98. The SMILES string of the molecule is CCOC(=O)C1=CP1C1(C)C(C)=C(C)C(C)=C1C. The van der Waals surface area contributed by atoms with E-state index in [0.717, 1.165) is 5.31 Å². The normalized spacial score (nSPS) is 25.4. The third-order valence-corrected chi connectivity index (χ3v) is 7.26. The number of rotatable bonds is 3. The fourth-order valence-electron chi connectivity index (χ4n) is 2.75. The Balaban J connectivity index is 2.25. The minimum absolute atomic E-state index is 0.0472. The highest BCUT2D eigenvalue weighted by molar-refractivity contribution is 7.75. The molecule has 0 aromatic rings. The molecule has 0 bridgehead atoms. The lowest BCUT2D eigenvalue weighted by Gasteiger charge is -2.30. The summed E-state index contributed by atoms with van der Waals surface area (Å²) < 4.78 is 5.10. The molecule has 0 radical (unpaired) electrons. The predicted octanol–water partition coefficient (Wildman–Crippen LogP) is 4.33. The fourth-order valence-corrected chi connectivity index (χ4v) is 5.28. The molecule has 1 atom stereocenters. The summed E-state index contributed by atoms with van der Waals surface area (Å²) in [6, 6.07) is 0. The van der Waals surface area contributed by atoms with Crippen LogP contribution in [0.3, 0.4) is 0 Å². The Labute approximate surface area is 111 Å². The Morgan fingerprint density at radius 3 is 2.17 bits per heavy atom. The van der Waals surface area contributed by atoms with E-state index in [9.17, 15) is 4.79 Å². The molecule has 3 heteroatoms. The van der Waals surface area contributed by atoms with E-state index < -0.39 is 7.92 Å². The van der Waals surface area contributed by atoms with Crippen LogP contribution < -0.4 is 0 Å². The van der Waals surface area contributed by atoms with Crippen molar-refractivity contribution < 1.29 is 9.53 Å². The molecule has 2 rings (SSSR count). The van der Waals surface area contributed by atoms with Gasteiger partial charge in [0.25, 0.3) is 0 Å². The molecule has 1 heterocycles. The van der Waals surface area contributed by atoms with E-state index in [-0.39, 0.29) is 11.1 Å². The quantitative estimate of drug-likeness (QED) is 0.560. The Bertz CT molecular complexity index is 485. The summed E-state index contributed by atoms with van der Waals surface area (Å²) in [5.74, 6) is 2.00. The van der Waals surface area contributed by atoms with Gasteiger partial charge in [-0.25, -0.2) is 4.79 Å². The van der Waals surface area contributed by atoms with Crippen molar-refractivity contribution in [2.24, 2.45) is 0 Å². The van der Waals surface area contributed by atoms with Crippen LogP contribution in [0.5, 0.6) is 0 Å². The van der Waals surface area contributed by atoms with Crippen LogP contribution in [0.15, 0.2) is 33.4 Å². The molecule has 98 valence electrons. The van der Waals surface area contributed by atoms with Crippen molar-refractivity contribution in [1.82, 2.24) is 0 Å². The standard InChI is InChI=1S/C15H21O2P/c1-7-17-14(16)13-8-18(13)15(6)11(4)9(2)10(3)12(15)5/h8H,7H2,1-6H3. The highest BCUT2D eigenvalue weighted by Gasteiger charge is 2.50. The summed E-state index contributed by atoms with van der Waals surface area (Å²) in [4.78, 5) is 11.8. The van der Waals surface area contributed by atoms with Crippen molar-refractivity contribution in [2.45, 2.75) is 46.7 Å². The first-order valence-electron chi connectivity index (χ1n) is 6.40. The Morgan fingerprint density at radius 2 is 1.72 bits per heavy atom. The Kier molecular flexibility index (Phi) is 3.27. The molecule has 0 spiro atoms. The van der Waals surface area contributed by atoms with Gasteiger partial charge < -0.3 is 4.74 Å². The largest absolute Gasteiger partial charge is 0.462 e. The van der Waals surface area contributed by atoms with Gasteiger partial charge in [-0.3, -0.25) is 0 Å². The Hall–Kier alpha value is -0.880. The monoisotopic (exact) mass is 264 g/mol. The topological polar surface area (TPSA) is 26.3 Å². The molecule has 0 amide bonds. The number of allylic oxidation sites excluding steroid dienone is 4. The maximum Gasteiger partial charge on any atom is 0.338 e. The fraction of sp³-hybridized carbons (Fsp3) is 0.533. The molecule has 0 saturated heterocycles. The number of carbonyl (C=O) groups excluding carboxylic acids is 1. The van der Waals surface area contributed by atoms with Crippen LogP contribution in [-0.4, -0.2) is 17.7 Å². The van der Waals surface area contributed by atoms with Crippen LogP contribution in [-0.2, 0) is 9.53 Å². The van der Waals surface area contributed by atoms with Gasteiger partial charge in [-0.05, 0) is 66.4 Å². The third-order valence-electron chi connectivity index (χ3n) is 4.56. The van der Waals surface area contributed by atoms with Gasteiger partial charge in [-0.1, -0.05) is 11.1 Å². The van der Waals surface area contributed by atoms with Crippen molar-refractivity contribution in [1.29, 1.82) is 0 Å².